The van der Waals surface area contributed by atoms with Gasteiger partial charge < -0.3 is 5.32 Å². The Labute approximate surface area is 127 Å². The van der Waals surface area contributed by atoms with E-state index in [-0.39, 0.29) is 0 Å². The fraction of sp³-hybridized carbons (Fsp3) is 0.368. The lowest BCUT2D eigenvalue weighted by molar-refractivity contribution is 0.253. The molecule has 0 bridgehead atoms. The summed E-state index contributed by atoms with van der Waals surface area (Å²) in [5.74, 6) is 0. The summed E-state index contributed by atoms with van der Waals surface area (Å²) in [6.07, 6.45) is 2.60. The van der Waals surface area contributed by atoms with Gasteiger partial charge in [-0.15, -0.1) is 0 Å². The van der Waals surface area contributed by atoms with Crippen molar-refractivity contribution in [3.05, 3.63) is 71.8 Å². The number of benzene rings is 2. The Hall–Kier alpha value is -1.64. The Morgan fingerprint density at radius 1 is 1.00 bits per heavy atom. The maximum Gasteiger partial charge on any atom is 0.0599 e. The number of nitrogens with one attached hydrogen (secondary N) is 1. The van der Waals surface area contributed by atoms with Crippen molar-refractivity contribution >= 4 is 0 Å². The van der Waals surface area contributed by atoms with Gasteiger partial charge in [-0.3, -0.25) is 4.90 Å². The van der Waals surface area contributed by atoms with Crippen LogP contribution in [0.4, 0.5) is 0 Å². The van der Waals surface area contributed by atoms with Crippen molar-refractivity contribution in [3.63, 3.8) is 0 Å². The van der Waals surface area contributed by atoms with Gasteiger partial charge in [-0.1, -0.05) is 60.7 Å². The Balaban J connectivity index is 1.85. The molecule has 1 atom stereocenters. The summed E-state index contributed by atoms with van der Waals surface area (Å²) in [7, 11) is 2.24. The predicted octanol–water partition coefficient (Wildman–Crippen LogP) is 3.46. The second kappa shape index (κ2) is 6.88. The first-order chi connectivity index (χ1) is 10.3. The molecule has 1 aliphatic heterocycles. The maximum atomic E-state index is 3.60. The normalized spacial score (nSPS) is 18.5. The molecule has 1 N–H and O–H groups in total. The molecule has 2 aromatic rings. The summed E-state index contributed by atoms with van der Waals surface area (Å²) in [6, 6.07) is 22.6. The zero-order valence-electron chi connectivity index (χ0n) is 12.7. The van der Waals surface area contributed by atoms with E-state index in [4.69, 9.17) is 0 Å². The highest BCUT2D eigenvalue weighted by Gasteiger charge is 2.23. The molecule has 1 saturated heterocycles. The summed E-state index contributed by atoms with van der Waals surface area (Å²) in [6.45, 7) is 2.26. The van der Waals surface area contributed by atoms with Crippen molar-refractivity contribution in [3.8, 4) is 0 Å². The minimum absolute atomic E-state index is 0.329. The number of rotatable bonds is 5. The van der Waals surface area contributed by atoms with Gasteiger partial charge in [0.15, 0.2) is 0 Å². The van der Waals surface area contributed by atoms with E-state index in [0.717, 1.165) is 6.54 Å². The molecule has 0 spiro atoms. The van der Waals surface area contributed by atoms with Crippen molar-refractivity contribution in [1.82, 2.24) is 10.2 Å². The van der Waals surface area contributed by atoms with Crippen LogP contribution in [0.2, 0.25) is 0 Å². The van der Waals surface area contributed by atoms with Gasteiger partial charge in [-0.05, 0) is 37.6 Å². The molecule has 3 rings (SSSR count). The number of hydrogen-bond acceptors (Lipinski definition) is 2. The van der Waals surface area contributed by atoms with Crippen molar-refractivity contribution in [2.24, 2.45) is 0 Å². The minimum Gasteiger partial charge on any atom is -0.313 e. The van der Waals surface area contributed by atoms with Crippen LogP contribution in [0.5, 0.6) is 0 Å². The SMILES string of the molecule is CN(CC1CCCN1)C(c1ccccc1)c1ccccc1. The van der Waals surface area contributed by atoms with Crippen LogP contribution in [0, 0.1) is 0 Å². The fourth-order valence-corrected chi connectivity index (χ4v) is 3.34. The van der Waals surface area contributed by atoms with Crippen LogP contribution in [0.15, 0.2) is 60.7 Å². The maximum absolute atomic E-state index is 3.60. The second-order valence-electron chi connectivity index (χ2n) is 5.96. The summed E-state index contributed by atoms with van der Waals surface area (Å²) >= 11 is 0. The third-order valence-electron chi connectivity index (χ3n) is 4.34. The standard InChI is InChI=1S/C19H24N2/c1-21(15-18-13-8-14-20-18)19(16-9-4-2-5-10-16)17-11-6-3-7-12-17/h2-7,9-12,18-20H,8,13-15H2,1H3. The highest BCUT2D eigenvalue weighted by Crippen LogP contribution is 2.28. The largest absolute Gasteiger partial charge is 0.313 e. The van der Waals surface area contributed by atoms with Crippen LogP contribution in [-0.4, -0.2) is 31.1 Å². The highest BCUT2D eigenvalue weighted by atomic mass is 15.2. The molecule has 0 aromatic heterocycles. The van der Waals surface area contributed by atoms with Gasteiger partial charge >= 0.3 is 0 Å². The summed E-state index contributed by atoms with van der Waals surface area (Å²) < 4.78 is 0. The van der Waals surface area contributed by atoms with Crippen LogP contribution in [0.1, 0.15) is 30.0 Å². The van der Waals surface area contributed by atoms with Gasteiger partial charge in [0, 0.05) is 12.6 Å². The van der Waals surface area contributed by atoms with E-state index in [1.165, 1.54) is 30.5 Å². The molecule has 21 heavy (non-hydrogen) atoms. The number of nitrogens with zero attached hydrogens (tertiary/aromatic N) is 1. The smallest absolute Gasteiger partial charge is 0.0599 e. The molecular formula is C19H24N2. The van der Waals surface area contributed by atoms with E-state index in [2.05, 4.69) is 77.9 Å². The summed E-state index contributed by atoms with van der Waals surface area (Å²) in [4.78, 5) is 2.48. The average Bonchev–Trinajstić information content (AvgIpc) is 3.02. The highest BCUT2D eigenvalue weighted by molar-refractivity contribution is 5.31. The van der Waals surface area contributed by atoms with E-state index >= 15 is 0 Å². The van der Waals surface area contributed by atoms with Crippen LogP contribution in [-0.2, 0) is 0 Å². The topological polar surface area (TPSA) is 15.3 Å². The third-order valence-corrected chi connectivity index (χ3v) is 4.34. The van der Waals surface area contributed by atoms with Gasteiger partial charge in [0.25, 0.3) is 0 Å². The molecule has 110 valence electrons. The molecule has 0 aliphatic carbocycles. The quantitative estimate of drug-likeness (QED) is 0.902. The van der Waals surface area contributed by atoms with E-state index in [1.807, 2.05) is 0 Å². The molecule has 1 aliphatic rings. The first kappa shape index (κ1) is 14.3. The molecule has 2 nitrogen and oxygen atoms in total. The first-order valence-electron chi connectivity index (χ1n) is 7.88. The van der Waals surface area contributed by atoms with Crippen LogP contribution in [0.25, 0.3) is 0 Å². The zero-order chi connectivity index (χ0) is 14.5. The molecule has 1 heterocycles. The summed E-state index contributed by atoms with van der Waals surface area (Å²) in [5, 5.41) is 3.60. The Morgan fingerprint density at radius 3 is 2.05 bits per heavy atom. The zero-order valence-corrected chi connectivity index (χ0v) is 12.7. The van der Waals surface area contributed by atoms with Gasteiger partial charge in [0.1, 0.15) is 0 Å². The fourth-order valence-electron chi connectivity index (χ4n) is 3.34. The molecule has 1 unspecified atom stereocenters. The third kappa shape index (κ3) is 3.52. The van der Waals surface area contributed by atoms with Crippen LogP contribution < -0.4 is 5.32 Å². The lowest BCUT2D eigenvalue weighted by Gasteiger charge is -2.31. The van der Waals surface area contributed by atoms with Gasteiger partial charge in [-0.25, -0.2) is 0 Å². The Kier molecular flexibility index (Phi) is 4.69. The Morgan fingerprint density at radius 2 is 1.57 bits per heavy atom. The van der Waals surface area contributed by atoms with E-state index in [9.17, 15) is 0 Å². The average molecular weight is 280 g/mol. The second-order valence-corrected chi connectivity index (χ2v) is 5.96. The van der Waals surface area contributed by atoms with E-state index in [1.54, 1.807) is 0 Å². The Bertz CT molecular complexity index is 493. The monoisotopic (exact) mass is 280 g/mol. The first-order valence-corrected chi connectivity index (χ1v) is 7.88. The van der Waals surface area contributed by atoms with Crippen LogP contribution >= 0.6 is 0 Å². The molecular weight excluding hydrogens is 256 g/mol. The number of likely N-dealkylation sites (N-methyl/N-ethyl adjacent to an activating group) is 1. The van der Waals surface area contributed by atoms with Crippen molar-refractivity contribution in [1.29, 1.82) is 0 Å². The molecule has 0 amide bonds. The van der Waals surface area contributed by atoms with Gasteiger partial charge in [0.2, 0.25) is 0 Å². The lowest BCUT2D eigenvalue weighted by atomic mass is 9.97. The number of hydrogen-bond donors (Lipinski definition) is 1. The van der Waals surface area contributed by atoms with Gasteiger partial charge in [0.05, 0.1) is 6.04 Å². The molecule has 1 fully saturated rings. The molecule has 2 aromatic carbocycles. The lowest BCUT2D eigenvalue weighted by Crippen LogP contribution is -2.37. The van der Waals surface area contributed by atoms with Crippen molar-refractivity contribution in [2.75, 3.05) is 20.1 Å². The van der Waals surface area contributed by atoms with Crippen molar-refractivity contribution in [2.45, 2.75) is 24.9 Å². The molecule has 0 radical (unpaired) electrons. The predicted molar refractivity (Wildman–Crippen MR) is 88.4 cm³/mol. The van der Waals surface area contributed by atoms with Crippen molar-refractivity contribution < 1.29 is 0 Å². The summed E-state index contributed by atoms with van der Waals surface area (Å²) in [5.41, 5.74) is 2.73. The van der Waals surface area contributed by atoms with E-state index < -0.39 is 0 Å². The van der Waals surface area contributed by atoms with Gasteiger partial charge in [-0.2, -0.15) is 0 Å². The minimum atomic E-state index is 0.329. The molecule has 0 saturated carbocycles. The molecule has 2 heteroatoms. The van der Waals surface area contributed by atoms with Crippen LogP contribution in [0.3, 0.4) is 0 Å². The van der Waals surface area contributed by atoms with E-state index in [0.29, 0.717) is 12.1 Å².